The van der Waals surface area contributed by atoms with Crippen molar-refractivity contribution in [1.29, 1.82) is 0 Å². The molecular weight excluding hydrogens is 566 g/mol. The van der Waals surface area contributed by atoms with Crippen molar-refractivity contribution in [3.05, 3.63) is 34.1 Å². The number of phenols is 1. The Kier molecular flexibility index (Phi) is 7.38. The van der Waals surface area contributed by atoms with E-state index in [1.54, 1.807) is 14.1 Å². The molecule has 0 aromatic heterocycles. The lowest BCUT2D eigenvalue weighted by Crippen LogP contribution is -2.65. The molecule has 5 rings (SSSR count). The van der Waals surface area contributed by atoms with Crippen molar-refractivity contribution in [2.45, 2.75) is 82.1 Å². The Morgan fingerprint density at radius 2 is 1.64 bits per heavy atom. The fraction of sp³-hybridized carbons (Fsp3) is 0.594. The number of fused-ring (bicyclic) bond motifs is 3. The molecule has 0 bridgehead atoms. The third-order valence-corrected chi connectivity index (χ3v) is 9.73. The summed E-state index contributed by atoms with van der Waals surface area (Å²) in [5, 5.41) is 53.5. The van der Waals surface area contributed by atoms with Crippen molar-refractivity contribution in [2.24, 2.45) is 17.6 Å². The molecule has 1 aromatic carbocycles. The molecule has 2 fully saturated rings. The number of nitrogens with zero attached hydrogens (tertiary/aromatic N) is 2. The normalized spacial score (nSPS) is 29.7. The first kappa shape index (κ1) is 31.8. The van der Waals surface area contributed by atoms with Crippen LogP contribution in [0.3, 0.4) is 0 Å². The van der Waals surface area contributed by atoms with Gasteiger partial charge in [0, 0.05) is 48.4 Å². The maximum absolute atomic E-state index is 14.2. The van der Waals surface area contributed by atoms with Gasteiger partial charge in [-0.1, -0.05) is 0 Å². The smallest absolute Gasteiger partial charge is 0.255 e. The lowest BCUT2D eigenvalue weighted by Gasteiger charge is -2.50. The largest absolute Gasteiger partial charge is 0.508 e. The van der Waals surface area contributed by atoms with Gasteiger partial charge in [0.2, 0.25) is 5.78 Å². The van der Waals surface area contributed by atoms with Crippen LogP contribution < -0.4 is 21.3 Å². The second-order valence-electron chi connectivity index (χ2n) is 14.6. The molecule has 1 amide bonds. The zero-order valence-electron chi connectivity index (χ0n) is 26.7. The Hall–Kier alpha value is -3.61. The molecule has 1 saturated heterocycles. The maximum atomic E-state index is 14.2. The SMILES string of the molecule is CN(C)c1cc(NC2CC(C)(C)NC(C)(C)C2)c(O)c2c1C[C@H]1C[C@H]3[C@H](N(C)C)C(=O)C(C(N)=O)=C(O)[C@@]3(O)C(=O)C1=C2O. The van der Waals surface area contributed by atoms with Crippen LogP contribution in [0.1, 0.15) is 58.1 Å². The molecule has 0 radical (unpaired) electrons. The van der Waals surface area contributed by atoms with Gasteiger partial charge in [0.05, 0.1) is 17.3 Å². The predicted octanol–water partition coefficient (Wildman–Crippen LogP) is 1.75. The summed E-state index contributed by atoms with van der Waals surface area (Å²) in [6, 6.07) is 0.705. The number of Topliss-reactive ketones (excluding diaryl/α,β-unsaturated/α-hetero) is 2. The molecule has 1 aliphatic heterocycles. The van der Waals surface area contributed by atoms with Crippen molar-refractivity contribution < 1.29 is 34.8 Å². The van der Waals surface area contributed by atoms with Crippen LogP contribution in [0, 0.1) is 11.8 Å². The fourth-order valence-electron chi connectivity index (χ4n) is 8.45. The van der Waals surface area contributed by atoms with Gasteiger partial charge in [-0.15, -0.1) is 0 Å². The van der Waals surface area contributed by atoms with E-state index in [1.807, 2.05) is 25.1 Å². The van der Waals surface area contributed by atoms with Crippen LogP contribution in [-0.2, 0) is 20.8 Å². The summed E-state index contributed by atoms with van der Waals surface area (Å²) in [6.45, 7) is 8.49. The third-order valence-electron chi connectivity index (χ3n) is 9.73. The molecule has 1 aromatic rings. The van der Waals surface area contributed by atoms with Gasteiger partial charge in [-0.2, -0.15) is 0 Å². The number of amides is 1. The van der Waals surface area contributed by atoms with E-state index in [9.17, 15) is 34.8 Å². The molecule has 8 N–H and O–H groups in total. The quantitative estimate of drug-likeness (QED) is 0.190. The van der Waals surface area contributed by atoms with Gasteiger partial charge in [0.1, 0.15) is 22.8 Å². The lowest BCUT2D eigenvalue weighted by atomic mass is 9.57. The second kappa shape index (κ2) is 10.2. The summed E-state index contributed by atoms with van der Waals surface area (Å²) in [6.07, 6.45) is 1.81. The minimum atomic E-state index is -2.67. The lowest BCUT2D eigenvalue weighted by molar-refractivity contribution is -0.153. The number of aromatic hydroxyl groups is 1. The Morgan fingerprint density at radius 3 is 2.16 bits per heavy atom. The number of nitrogens with two attached hydrogens (primary N) is 1. The summed E-state index contributed by atoms with van der Waals surface area (Å²) in [4.78, 5) is 43.1. The number of piperidine rings is 1. The number of hydrogen-bond donors (Lipinski definition) is 7. The molecule has 12 heteroatoms. The summed E-state index contributed by atoms with van der Waals surface area (Å²) in [7, 11) is 6.86. The molecule has 44 heavy (non-hydrogen) atoms. The number of anilines is 2. The van der Waals surface area contributed by atoms with E-state index in [4.69, 9.17) is 5.73 Å². The van der Waals surface area contributed by atoms with Gasteiger partial charge in [0.25, 0.3) is 5.91 Å². The highest BCUT2D eigenvalue weighted by Crippen LogP contribution is 2.54. The van der Waals surface area contributed by atoms with Gasteiger partial charge in [0.15, 0.2) is 11.4 Å². The minimum Gasteiger partial charge on any atom is -0.508 e. The standard InChI is InChI=1S/C32H45N5O7/c1-30(2)12-15(13-31(3,4)35-30)34-18-11-19(36(5)6)16-9-14-10-17-23(37(7)8)26(40)22(29(33)43)28(42)32(17,44)27(41)20(14)25(39)21(16)24(18)38/h11,14-15,17,23,34-35,38-39,42,44H,9-10,12-13H2,1-8H3,(H2,33,43)/t14-,17-,23-,32-/m0/s1. The number of hydrogen-bond acceptors (Lipinski definition) is 11. The van der Waals surface area contributed by atoms with E-state index in [0.29, 0.717) is 11.3 Å². The highest BCUT2D eigenvalue weighted by molar-refractivity contribution is 6.24. The Labute approximate surface area is 257 Å². The number of likely N-dealkylation sites (N-methyl/N-ethyl adjacent to an activating group) is 1. The number of aliphatic hydroxyl groups is 3. The van der Waals surface area contributed by atoms with Gasteiger partial charge in [-0.05, 0) is 85.0 Å². The summed E-state index contributed by atoms with van der Waals surface area (Å²) < 4.78 is 0. The average molecular weight is 612 g/mol. The molecule has 1 heterocycles. The summed E-state index contributed by atoms with van der Waals surface area (Å²) in [5.74, 6) is -6.65. The fourth-order valence-corrected chi connectivity index (χ4v) is 8.45. The number of carbonyl (C=O) groups excluding carboxylic acids is 3. The molecule has 1 saturated carbocycles. The first-order valence-electron chi connectivity index (χ1n) is 15.0. The Bertz CT molecular complexity index is 1510. The topological polar surface area (TPSA) is 189 Å². The predicted molar refractivity (Wildman–Crippen MR) is 167 cm³/mol. The van der Waals surface area contributed by atoms with Crippen molar-refractivity contribution in [1.82, 2.24) is 10.2 Å². The van der Waals surface area contributed by atoms with Crippen LogP contribution in [0.5, 0.6) is 5.75 Å². The second-order valence-corrected chi connectivity index (χ2v) is 14.6. The highest BCUT2D eigenvalue weighted by Gasteiger charge is 2.64. The number of nitrogens with one attached hydrogen (secondary N) is 2. The van der Waals surface area contributed by atoms with Crippen LogP contribution in [0.25, 0.3) is 5.76 Å². The van der Waals surface area contributed by atoms with Crippen molar-refractivity contribution >= 4 is 34.6 Å². The first-order valence-corrected chi connectivity index (χ1v) is 15.0. The van der Waals surface area contributed by atoms with E-state index in [1.165, 1.54) is 4.90 Å². The molecule has 4 aliphatic rings. The van der Waals surface area contributed by atoms with Crippen LogP contribution in [0.4, 0.5) is 11.4 Å². The molecule has 4 atom stereocenters. The highest BCUT2D eigenvalue weighted by atomic mass is 16.3. The van der Waals surface area contributed by atoms with Crippen molar-refractivity contribution in [2.75, 3.05) is 38.4 Å². The molecule has 12 nitrogen and oxygen atoms in total. The maximum Gasteiger partial charge on any atom is 0.255 e. The van der Waals surface area contributed by atoms with Crippen LogP contribution in [0.2, 0.25) is 0 Å². The molecule has 240 valence electrons. The van der Waals surface area contributed by atoms with Crippen molar-refractivity contribution in [3.8, 4) is 5.75 Å². The molecule has 0 unspecified atom stereocenters. The molecule has 0 spiro atoms. The van der Waals surface area contributed by atoms with Crippen LogP contribution in [0.15, 0.2) is 23.0 Å². The first-order chi connectivity index (χ1) is 20.2. The number of phenolic OH excluding ortho intramolecular Hbond substituents is 1. The zero-order chi connectivity index (χ0) is 32.8. The van der Waals surface area contributed by atoms with E-state index >= 15 is 0 Å². The summed E-state index contributed by atoms with van der Waals surface area (Å²) in [5.41, 5.74) is 3.23. The number of rotatable bonds is 5. The molecular formula is C32H45N5O7. The van der Waals surface area contributed by atoms with E-state index in [-0.39, 0.29) is 46.8 Å². The minimum absolute atomic E-state index is 0.0128. The summed E-state index contributed by atoms with van der Waals surface area (Å²) >= 11 is 0. The number of aliphatic hydroxyl groups excluding tert-OH is 2. The number of carbonyl (C=O) groups is 3. The van der Waals surface area contributed by atoms with Gasteiger partial charge >= 0.3 is 0 Å². The Balaban J connectivity index is 1.67. The number of benzene rings is 1. The van der Waals surface area contributed by atoms with Gasteiger partial charge in [-0.3, -0.25) is 19.3 Å². The average Bonchev–Trinajstić information content (AvgIpc) is 2.85. The van der Waals surface area contributed by atoms with Crippen LogP contribution >= 0.6 is 0 Å². The van der Waals surface area contributed by atoms with Crippen LogP contribution in [-0.4, -0.2) is 99.8 Å². The number of primary amides is 1. The van der Waals surface area contributed by atoms with Gasteiger partial charge < -0.3 is 41.7 Å². The van der Waals surface area contributed by atoms with E-state index in [0.717, 1.165) is 18.5 Å². The number of ketones is 2. The van der Waals surface area contributed by atoms with Gasteiger partial charge in [-0.25, -0.2) is 0 Å². The molecule has 3 aliphatic carbocycles. The monoisotopic (exact) mass is 611 g/mol. The van der Waals surface area contributed by atoms with E-state index in [2.05, 4.69) is 38.3 Å². The Morgan fingerprint density at radius 1 is 1.05 bits per heavy atom. The van der Waals surface area contributed by atoms with E-state index < -0.39 is 58.0 Å². The van der Waals surface area contributed by atoms with Crippen molar-refractivity contribution in [3.63, 3.8) is 0 Å². The third kappa shape index (κ3) is 4.74. The zero-order valence-corrected chi connectivity index (χ0v) is 26.7.